The van der Waals surface area contributed by atoms with Crippen LogP contribution in [0.1, 0.15) is 51.0 Å². The molecule has 0 radical (unpaired) electrons. The van der Waals surface area contributed by atoms with Crippen molar-refractivity contribution in [3.05, 3.63) is 29.8 Å². The molecule has 1 aliphatic carbocycles. The molecule has 1 amide bonds. The van der Waals surface area contributed by atoms with Gasteiger partial charge in [0.05, 0.1) is 14.2 Å². The van der Waals surface area contributed by atoms with Crippen LogP contribution in [-0.4, -0.2) is 75.2 Å². The Balaban J connectivity index is 1.38. The number of hydrogen-bond acceptors (Lipinski definition) is 5. The number of nitrogens with one attached hydrogen (secondary N) is 1. The third-order valence-corrected chi connectivity index (χ3v) is 7.30. The topological polar surface area (TPSA) is 54.0 Å². The number of likely N-dealkylation sites (tertiary alicyclic amines) is 1. The second-order valence-electron chi connectivity index (χ2n) is 9.30. The maximum atomic E-state index is 12.3. The van der Waals surface area contributed by atoms with Gasteiger partial charge in [0.2, 0.25) is 5.91 Å². The van der Waals surface area contributed by atoms with Crippen LogP contribution in [0.2, 0.25) is 0 Å². The van der Waals surface area contributed by atoms with Gasteiger partial charge in [-0.3, -0.25) is 4.79 Å². The van der Waals surface area contributed by atoms with Gasteiger partial charge in [-0.05, 0) is 76.0 Å². The fourth-order valence-electron chi connectivity index (χ4n) is 5.25. The number of methoxy groups -OCH3 is 2. The van der Waals surface area contributed by atoms with Crippen LogP contribution in [0.3, 0.4) is 0 Å². The lowest BCUT2D eigenvalue weighted by Gasteiger charge is -2.44. The van der Waals surface area contributed by atoms with Crippen LogP contribution < -0.4 is 14.8 Å². The Morgan fingerprint density at radius 3 is 2.59 bits per heavy atom. The van der Waals surface area contributed by atoms with E-state index in [2.05, 4.69) is 29.1 Å². The minimum Gasteiger partial charge on any atom is -0.497 e. The highest BCUT2D eigenvalue weighted by Gasteiger charge is 2.31. The minimum absolute atomic E-state index is 0.0872. The molecule has 2 fully saturated rings. The zero-order valence-corrected chi connectivity index (χ0v) is 20.3. The predicted octanol–water partition coefficient (Wildman–Crippen LogP) is 3.81. The summed E-state index contributed by atoms with van der Waals surface area (Å²) in [7, 11) is 5.59. The van der Waals surface area contributed by atoms with Crippen molar-refractivity contribution >= 4 is 12.0 Å². The number of hydrogen-bond donors (Lipinski definition) is 1. The van der Waals surface area contributed by atoms with Gasteiger partial charge < -0.3 is 24.6 Å². The van der Waals surface area contributed by atoms with Crippen molar-refractivity contribution in [2.75, 3.05) is 47.4 Å². The summed E-state index contributed by atoms with van der Waals surface area (Å²) in [6.07, 6.45) is 11.3. The molecule has 1 aromatic carbocycles. The first-order chi connectivity index (χ1) is 15.5. The summed E-state index contributed by atoms with van der Waals surface area (Å²) in [4.78, 5) is 17.4. The second kappa shape index (κ2) is 12.3. The Morgan fingerprint density at radius 1 is 1.16 bits per heavy atom. The van der Waals surface area contributed by atoms with Crippen LogP contribution in [0, 0.1) is 5.92 Å². The summed E-state index contributed by atoms with van der Waals surface area (Å²) in [5, 5.41) is 3.01. The van der Waals surface area contributed by atoms with E-state index in [0.717, 1.165) is 42.9 Å². The fraction of sp³-hybridized carbons (Fsp3) is 0.654. The zero-order chi connectivity index (χ0) is 22.9. The van der Waals surface area contributed by atoms with Crippen molar-refractivity contribution in [3.8, 4) is 11.5 Å². The number of nitrogens with zero attached hydrogens (tertiary/aromatic N) is 2. The number of carbonyl (C=O) groups excluding carboxylic acids is 1. The molecular formula is C26H41N3O3. The number of rotatable bonds is 9. The number of ether oxygens (including phenoxy) is 2. The van der Waals surface area contributed by atoms with Crippen molar-refractivity contribution in [3.63, 3.8) is 0 Å². The molecule has 6 nitrogen and oxygen atoms in total. The van der Waals surface area contributed by atoms with Gasteiger partial charge in [-0.1, -0.05) is 19.8 Å². The van der Waals surface area contributed by atoms with Crippen LogP contribution in [0.5, 0.6) is 11.5 Å². The molecule has 2 aliphatic rings. The molecule has 2 atom stereocenters. The molecule has 1 N–H and O–H groups in total. The van der Waals surface area contributed by atoms with Gasteiger partial charge in [-0.2, -0.15) is 0 Å². The Hall–Kier alpha value is -2.05. The van der Waals surface area contributed by atoms with E-state index in [-0.39, 0.29) is 5.91 Å². The van der Waals surface area contributed by atoms with Gasteiger partial charge in [0.15, 0.2) is 0 Å². The van der Waals surface area contributed by atoms with Crippen LogP contribution in [0.4, 0.5) is 0 Å². The van der Waals surface area contributed by atoms with Gasteiger partial charge in [-0.15, -0.1) is 0 Å². The van der Waals surface area contributed by atoms with Crippen molar-refractivity contribution in [1.82, 2.24) is 15.1 Å². The summed E-state index contributed by atoms with van der Waals surface area (Å²) in [6, 6.07) is 7.00. The monoisotopic (exact) mass is 443 g/mol. The van der Waals surface area contributed by atoms with Crippen molar-refractivity contribution < 1.29 is 14.3 Å². The highest BCUT2D eigenvalue weighted by molar-refractivity contribution is 5.92. The van der Waals surface area contributed by atoms with E-state index in [1.807, 2.05) is 18.2 Å². The highest BCUT2D eigenvalue weighted by Crippen LogP contribution is 2.30. The van der Waals surface area contributed by atoms with Crippen LogP contribution in [-0.2, 0) is 4.79 Å². The molecule has 0 aromatic heterocycles. The molecule has 3 rings (SSSR count). The van der Waals surface area contributed by atoms with Crippen molar-refractivity contribution in [2.24, 2.45) is 5.92 Å². The van der Waals surface area contributed by atoms with E-state index >= 15 is 0 Å². The average Bonchev–Trinajstić information content (AvgIpc) is 2.83. The molecule has 1 aromatic rings. The lowest BCUT2D eigenvalue weighted by molar-refractivity contribution is -0.116. The minimum atomic E-state index is -0.0872. The van der Waals surface area contributed by atoms with Crippen molar-refractivity contribution in [1.29, 1.82) is 0 Å². The van der Waals surface area contributed by atoms with Gasteiger partial charge >= 0.3 is 0 Å². The molecule has 0 unspecified atom stereocenters. The molecule has 1 saturated carbocycles. The molecule has 1 heterocycles. The summed E-state index contributed by atoms with van der Waals surface area (Å²) in [6.45, 7) is 6.22. The predicted molar refractivity (Wildman–Crippen MR) is 130 cm³/mol. The van der Waals surface area contributed by atoms with Crippen LogP contribution >= 0.6 is 0 Å². The maximum absolute atomic E-state index is 12.3. The summed E-state index contributed by atoms with van der Waals surface area (Å²) in [5.41, 5.74) is 0.820. The molecular weight excluding hydrogens is 402 g/mol. The SMILES string of the molecule is COc1ccc(OC)c(/C=C/C(=O)NCCN2CCC(N(C)[C@H]3CCCC[C@H]3C)CC2)c1. The number of amides is 1. The first-order valence-electron chi connectivity index (χ1n) is 12.1. The van der Waals surface area contributed by atoms with Gasteiger partial charge in [0.25, 0.3) is 0 Å². The normalized spacial score (nSPS) is 22.9. The quantitative estimate of drug-likeness (QED) is 0.588. The average molecular weight is 444 g/mol. The Kier molecular flexibility index (Phi) is 9.42. The largest absolute Gasteiger partial charge is 0.497 e. The van der Waals surface area contributed by atoms with Gasteiger partial charge in [0, 0.05) is 36.8 Å². The lowest BCUT2D eigenvalue weighted by Crippen LogP contribution is -2.50. The summed E-state index contributed by atoms with van der Waals surface area (Å²) < 4.78 is 10.6. The standard InChI is InChI=1S/C26H41N3O3/c1-20-7-5-6-8-24(20)28(2)22-13-16-29(17-14-22)18-15-27-26(30)12-9-21-19-23(31-3)10-11-25(21)32-4/h9-12,19-20,22,24H,5-8,13-18H2,1-4H3,(H,27,30)/b12-9+/t20-,24+/m1/s1. The Morgan fingerprint density at radius 2 is 1.91 bits per heavy atom. The van der Waals surface area contributed by atoms with Crippen molar-refractivity contribution in [2.45, 2.75) is 57.5 Å². The van der Waals surface area contributed by atoms with E-state index in [9.17, 15) is 4.79 Å². The number of carbonyl (C=O) groups is 1. The van der Waals surface area contributed by atoms with E-state index in [0.29, 0.717) is 18.3 Å². The molecule has 0 bridgehead atoms. The molecule has 0 spiro atoms. The smallest absolute Gasteiger partial charge is 0.244 e. The first-order valence-corrected chi connectivity index (χ1v) is 12.1. The van der Waals surface area contributed by atoms with Crippen LogP contribution in [0.15, 0.2) is 24.3 Å². The van der Waals surface area contributed by atoms with Gasteiger partial charge in [-0.25, -0.2) is 0 Å². The number of piperidine rings is 1. The summed E-state index contributed by atoms with van der Waals surface area (Å²) in [5.74, 6) is 2.19. The molecule has 178 valence electrons. The second-order valence-corrected chi connectivity index (χ2v) is 9.30. The third kappa shape index (κ3) is 6.72. The zero-order valence-electron chi connectivity index (χ0n) is 20.3. The van der Waals surface area contributed by atoms with Crippen LogP contribution in [0.25, 0.3) is 6.08 Å². The first kappa shape index (κ1) is 24.6. The molecule has 32 heavy (non-hydrogen) atoms. The molecule has 1 aliphatic heterocycles. The maximum Gasteiger partial charge on any atom is 0.244 e. The van der Waals surface area contributed by atoms with E-state index in [4.69, 9.17) is 9.47 Å². The molecule has 1 saturated heterocycles. The van der Waals surface area contributed by atoms with E-state index in [1.54, 1.807) is 26.4 Å². The highest BCUT2D eigenvalue weighted by atomic mass is 16.5. The molecule has 6 heteroatoms. The Bertz CT molecular complexity index is 759. The summed E-state index contributed by atoms with van der Waals surface area (Å²) >= 11 is 0. The number of benzene rings is 1. The fourth-order valence-corrected chi connectivity index (χ4v) is 5.25. The Labute approximate surface area is 193 Å². The van der Waals surface area contributed by atoms with E-state index in [1.165, 1.54) is 38.5 Å². The van der Waals surface area contributed by atoms with Gasteiger partial charge in [0.1, 0.15) is 11.5 Å². The lowest BCUT2D eigenvalue weighted by atomic mass is 9.84. The third-order valence-electron chi connectivity index (χ3n) is 7.30. The van der Waals surface area contributed by atoms with E-state index < -0.39 is 0 Å².